The van der Waals surface area contributed by atoms with Crippen LogP contribution in [-0.2, 0) is 12.8 Å². The maximum atomic E-state index is 14.1. The van der Waals surface area contributed by atoms with Gasteiger partial charge in [0.05, 0.1) is 18.4 Å². The molecule has 0 amide bonds. The van der Waals surface area contributed by atoms with Gasteiger partial charge in [-0.1, -0.05) is 13.8 Å². The largest absolute Gasteiger partial charge is 0.496 e. The minimum absolute atomic E-state index is 0.300. The number of aromatic nitrogens is 3. The quantitative estimate of drug-likeness (QED) is 0.656. The zero-order valence-electron chi connectivity index (χ0n) is 17.0. The number of hydrogen-bond donors (Lipinski definition) is 1. The van der Waals surface area contributed by atoms with Gasteiger partial charge in [-0.2, -0.15) is 9.61 Å². The molecule has 2 heterocycles. The number of anilines is 1. The summed E-state index contributed by atoms with van der Waals surface area (Å²) >= 11 is 0. The van der Waals surface area contributed by atoms with Gasteiger partial charge >= 0.3 is 0 Å². The van der Waals surface area contributed by atoms with E-state index >= 15 is 0 Å². The van der Waals surface area contributed by atoms with Crippen molar-refractivity contribution in [1.29, 1.82) is 0 Å². The van der Waals surface area contributed by atoms with E-state index in [2.05, 4.69) is 19.2 Å². The predicted molar refractivity (Wildman–Crippen MR) is 110 cm³/mol. The van der Waals surface area contributed by atoms with Crippen LogP contribution < -0.4 is 10.1 Å². The molecule has 3 aromatic rings. The van der Waals surface area contributed by atoms with Crippen LogP contribution in [0.4, 0.5) is 10.2 Å². The van der Waals surface area contributed by atoms with E-state index in [0.29, 0.717) is 17.4 Å². The molecule has 0 atom stereocenters. The number of rotatable bonds is 6. The molecule has 5 nitrogen and oxygen atoms in total. The molecule has 1 N–H and O–H groups in total. The summed E-state index contributed by atoms with van der Waals surface area (Å²) in [5, 5.41) is 8.52. The van der Waals surface area contributed by atoms with Gasteiger partial charge in [-0.05, 0) is 57.2 Å². The minimum atomic E-state index is -0.300. The lowest BCUT2D eigenvalue weighted by molar-refractivity contribution is 0.415. The molecule has 1 aliphatic rings. The Balaban J connectivity index is 1.98. The molecule has 1 aliphatic carbocycles. The number of nitrogens with zero attached hydrogens (tertiary/aromatic N) is 3. The molecular formula is C22H27FN4O. The molecule has 0 radical (unpaired) electrons. The summed E-state index contributed by atoms with van der Waals surface area (Å²) < 4.78 is 21.5. The third-order valence-electron chi connectivity index (χ3n) is 5.72. The molecule has 148 valence electrons. The van der Waals surface area contributed by atoms with E-state index in [9.17, 15) is 4.39 Å². The van der Waals surface area contributed by atoms with Crippen LogP contribution in [0.15, 0.2) is 18.2 Å². The fraction of sp³-hybridized carbons (Fsp3) is 0.455. The highest BCUT2D eigenvalue weighted by molar-refractivity contribution is 5.85. The Bertz CT molecular complexity index is 1020. The number of methoxy groups -OCH3 is 1. The van der Waals surface area contributed by atoms with Crippen molar-refractivity contribution in [2.45, 2.75) is 58.9 Å². The van der Waals surface area contributed by atoms with Crippen LogP contribution in [0, 0.1) is 12.7 Å². The maximum absolute atomic E-state index is 14.1. The number of ether oxygens (including phenoxy) is 1. The van der Waals surface area contributed by atoms with Gasteiger partial charge in [0.2, 0.25) is 0 Å². The first-order chi connectivity index (χ1) is 13.6. The number of benzene rings is 1. The Morgan fingerprint density at radius 1 is 1.25 bits per heavy atom. The minimum Gasteiger partial charge on any atom is -0.496 e. The lowest BCUT2D eigenvalue weighted by atomic mass is 10.0. The molecule has 0 saturated heterocycles. The first-order valence-electron chi connectivity index (χ1n) is 10.1. The molecule has 0 fully saturated rings. The number of hydrogen-bond acceptors (Lipinski definition) is 4. The van der Waals surface area contributed by atoms with Crippen molar-refractivity contribution in [3.63, 3.8) is 0 Å². The van der Waals surface area contributed by atoms with E-state index in [1.54, 1.807) is 13.2 Å². The van der Waals surface area contributed by atoms with E-state index in [1.165, 1.54) is 17.7 Å². The Morgan fingerprint density at radius 3 is 2.75 bits per heavy atom. The fourth-order valence-corrected chi connectivity index (χ4v) is 4.16. The van der Waals surface area contributed by atoms with Crippen LogP contribution in [0.5, 0.6) is 5.75 Å². The summed E-state index contributed by atoms with van der Waals surface area (Å²) in [7, 11) is 1.60. The Morgan fingerprint density at radius 2 is 2.04 bits per heavy atom. The average molecular weight is 382 g/mol. The molecule has 4 rings (SSSR count). The smallest absolute Gasteiger partial charge is 0.165 e. The van der Waals surface area contributed by atoms with Crippen molar-refractivity contribution in [2.24, 2.45) is 0 Å². The highest BCUT2D eigenvalue weighted by Gasteiger charge is 2.26. The first kappa shape index (κ1) is 18.7. The van der Waals surface area contributed by atoms with E-state index in [4.69, 9.17) is 14.8 Å². The van der Waals surface area contributed by atoms with Gasteiger partial charge < -0.3 is 10.1 Å². The third-order valence-corrected chi connectivity index (χ3v) is 5.72. The van der Waals surface area contributed by atoms with E-state index in [0.717, 1.165) is 60.5 Å². The predicted octanol–water partition coefficient (Wildman–Crippen LogP) is 4.94. The lowest BCUT2D eigenvalue weighted by Crippen LogP contribution is -2.21. The van der Waals surface area contributed by atoms with E-state index in [1.807, 2.05) is 11.4 Å². The van der Waals surface area contributed by atoms with Crippen LogP contribution >= 0.6 is 0 Å². The zero-order valence-corrected chi connectivity index (χ0v) is 17.0. The van der Waals surface area contributed by atoms with Crippen LogP contribution in [0.2, 0.25) is 0 Å². The van der Waals surface area contributed by atoms with Gasteiger partial charge in [-0.25, -0.2) is 9.37 Å². The molecule has 0 saturated carbocycles. The molecule has 1 aromatic carbocycles. The summed E-state index contributed by atoms with van der Waals surface area (Å²) in [6.07, 6.45) is 5.16. The Labute approximate surface area is 164 Å². The molecular weight excluding hydrogens is 355 g/mol. The molecule has 0 spiro atoms. The third kappa shape index (κ3) is 3.01. The lowest BCUT2D eigenvalue weighted by Gasteiger charge is -2.20. The molecule has 0 aliphatic heterocycles. The second-order valence-electron chi connectivity index (χ2n) is 7.44. The Hall–Kier alpha value is -2.63. The highest BCUT2D eigenvalue weighted by Crippen LogP contribution is 2.38. The summed E-state index contributed by atoms with van der Waals surface area (Å²) in [6.45, 7) is 6.33. The number of aryl methyl sites for hydroxylation is 2. The molecule has 0 bridgehead atoms. The van der Waals surface area contributed by atoms with Crippen molar-refractivity contribution < 1.29 is 9.13 Å². The topological polar surface area (TPSA) is 51.5 Å². The summed E-state index contributed by atoms with van der Waals surface area (Å²) in [6, 6.07) is 4.96. The van der Waals surface area contributed by atoms with Crippen molar-refractivity contribution in [3.05, 3.63) is 41.0 Å². The van der Waals surface area contributed by atoms with Crippen LogP contribution in [0.25, 0.3) is 16.8 Å². The van der Waals surface area contributed by atoms with Crippen LogP contribution in [0.3, 0.4) is 0 Å². The second-order valence-corrected chi connectivity index (χ2v) is 7.44. The summed E-state index contributed by atoms with van der Waals surface area (Å²) in [4.78, 5) is 4.96. The van der Waals surface area contributed by atoms with Crippen LogP contribution in [-0.4, -0.2) is 27.7 Å². The van der Waals surface area contributed by atoms with Crippen molar-refractivity contribution in [2.75, 3.05) is 12.4 Å². The van der Waals surface area contributed by atoms with Gasteiger partial charge in [0.25, 0.3) is 0 Å². The monoisotopic (exact) mass is 382 g/mol. The molecule has 0 unspecified atom stereocenters. The van der Waals surface area contributed by atoms with Gasteiger partial charge in [0.1, 0.15) is 17.4 Å². The van der Waals surface area contributed by atoms with Gasteiger partial charge in [0, 0.05) is 22.9 Å². The fourth-order valence-electron chi connectivity index (χ4n) is 4.16. The van der Waals surface area contributed by atoms with Crippen molar-refractivity contribution >= 4 is 11.5 Å². The summed E-state index contributed by atoms with van der Waals surface area (Å²) in [5.41, 5.74) is 5.48. The number of halogens is 1. The van der Waals surface area contributed by atoms with Gasteiger partial charge in [0.15, 0.2) is 5.65 Å². The van der Waals surface area contributed by atoms with Gasteiger partial charge in [-0.15, -0.1) is 0 Å². The number of nitrogens with one attached hydrogen (secondary N) is 1. The normalized spacial score (nSPS) is 13.4. The average Bonchev–Trinajstić information content (AvgIpc) is 3.28. The standard InChI is InChI=1S/C22H27FN4O/c1-5-15(6-2)24-21-16-8-7-9-18(16)25-22-20(13(3)26-27(21)22)17-12-14(23)10-11-19(17)28-4/h10-12,15,24H,5-9H2,1-4H3. The SMILES string of the molecule is CCC(CC)Nc1c2c(nc3c(-c4cc(F)ccc4OC)c(C)nn13)CCC2. The first-order valence-corrected chi connectivity index (χ1v) is 10.1. The molecule has 28 heavy (non-hydrogen) atoms. The number of fused-ring (bicyclic) bond motifs is 2. The summed E-state index contributed by atoms with van der Waals surface area (Å²) in [5.74, 6) is 1.36. The Kier molecular flexibility index (Phi) is 4.96. The van der Waals surface area contributed by atoms with Gasteiger partial charge in [-0.3, -0.25) is 0 Å². The van der Waals surface area contributed by atoms with E-state index < -0.39 is 0 Å². The van der Waals surface area contributed by atoms with Crippen molar-refractivity contribution in [1.82, 2.24) is 14.6 Å². The maximum Gasteiger partial charge on any atom is 0.165 e. The molecule has 6 heteroatoms. The zero-order chi connectivity index (χ0) is 19.8. The van der Waals surface area contributed by atoms with E-state index in [-0.39, 0.29) is 5.82 Å². The highest BCUT2D eigenvalue weighted by atomic mass is 19.1. The second kappa shape index (κ2) is 7.41. The van der Waals surface area contributed by atoms with Crippen LogP contribution in [0.1, 0.15) is 50.1 Å². The molecule has 2 aromatic heterocycles. The van der Waals surface area contributed by atoms with Crippen molar-refractivity contribution in [3.8, 4) is 16.9 Å².